The summed E-state index contributed by atoms with van der Waals surface area (Å²) in [6.45, 7) is 6.21. The molecule has 25 heavy (non-hydrogen) atoms. The molecule has 3 fully saturated rings. The van der Waals surface area contributed by atoms with Gasteiger partial charge in [0.25, 0.3) is 0 Å². The molecule has 7 nitrogen and oxygen atoms in total. The largest absolute Gasteiger partial charge is 0.381 e. The minimum absolute atomic E-state index is 0. The molecule has 2 amide bonds. The number of nitrogens with zero attached hydrogens (tertiary/aromatic N) is 3. The monoisotopic (exact) mass is 396 g/mol. The van der Waals surface area contributed by atoms with Crippen molar-refractivity contribution in [3.05, 3.63) is 0 Å². The summed E-state index contributed by atoms with van der Waals surface area (Å²) in [5.74, 6) is 0.272. The maximum absolute atomic E-state index is 12.7. The van der Waals surface area contributed by atoms with Crippen LogP contribution in [-0.4, -0.2) is 91.1 Å². The SMILES string of the molecule is Cl.Cl.NC1(C(=O)N2CCN(CC(=O)N3CCCC3)CC2)CCOCC1. The molecular formula is C16H30Cl2N4O3. The van der Waals surface area contributed by atoms with E-state index in [-0.39, 0.29) is 36.6 Å². The molecule has 146 valence electrons. The molecule has 2 N–H and O–H groups in total. The fourth-order valence-electron chi connectivity index (χ4n) is 3.63. The Hall–Kier alpha value is -0.600. The van der Waals surface area contributed by atoms with Crippen molar-refractivity contribution in [1.29, 1.82) is 0 Å². The molecule has 0 saturated carbocycles. The molecule has 0 aromatic heterocycles. The number of halogens is 2. The summed E-state index contributed by atoms with van der Waals surface area (Å²) in [6, 6.07) is 0. The van der Waals surface area contributed by atoms with Gasteiger partial charge >= 0.3 is 0 Å². The van der Waals surface area contributed by atoms with E-state index in [9.17, 15) is 9.59 Å². The van der Waals surface area contributed by atoms with Gasteiger partial charge in [0.15, 0.2) is 0 Å². The lowest BCUT2D eigenvalue weighted by molar-refractivity contribution is -0.142. The van der Waals surface area contributed by atoms with Gasteiger partial charge in [-0.3, -0.25) is 14.5 Å². The van der Waals surface area contributed by atoms with E-state index < -0.39 is 5.54 Å². The van der Waals surface area contributed by atoms with Crippen LogP contribution in [0.3, 0.4) is 0 Å². The molecule has 0 bridgehead atoms. The molecular weight excluding hydrogens is 367 g/mol. The molecule has 3 saturated heterocycles. The Bertz CT molecular complexity index is 447. The molecule has 0 aromatic rings. The molecule has 3 aliphatic heterocycles. The van der Waals surface area contributed by atoms with Crippen molar-refractivity contribution >= 4 is 36.6 Å². The second-order valence-electron chi connectivity index (χ2n) is 6.92. The van der Waals surface area contributed by atoms with Crippen LogP contribution in [-0.2, 0) is 14.3 Å². The van der Waals surface area contributed by atoms with Crippen LogP contribution in [0.1, 0.15) is 25.7 Å². The predicted octanol–water partition coefficient (Wildman–Crippen LogP) is 0.105. The third-order valence-electron chi connectivity index (χ3n) is 5.29. The smallest absolute Gasteiger partial charge is 0.242 e. The molecule has 0 spiro atoms. The maximum Gasteiger partial charge on any atom is 0.242 e. The Labute approximate surface area is 162 Å². The van der Waals surface area contributed by atoms with Gasteiger partial charge in [-0.1, -0.05) is 0 Å². The lowest BCUT2D eigenvalue weighted by Gasteiger charge is -2.41. The number of piperazine rings is 1. The Kier molecular flexibility index (Phi) is 8.91. The van der Waals surface area contributed by atoms with Crippen LogP contribution in [0.4, 0.5) is 0 Å². The van der Waals surface area contributed by atoms with Gasteiger partial charge in [-0.15, -0.1) is 24.8 Å². The Morgan fingerprint density at radius 3 is 2.00 bits per heavy atom. The van der Waals surface area contributed by atoms with E-state index in [4.69, 9.17) is 10.5 Å². The fourth-order valence-corrected chi connectivity index (χ4v) is 3.63. The molecule has 0 unspecified atom stereocenters. The number of amides is 2. The average molecular weight is 397 g/mol. The summed E-state index contributed by atoms with van der Waals surface area (Å²) >= 11 is 0. The highest BCUT2D eigenvalue weighted by Gasteiger charge is 2.39. The first-order valence-corrected chi connectivity index (χ1v) is 8.75. The summed E-state index contributed by atoms with van der Waals surface area (Å²) in [6.07, 6.45) is 3.44. The van der Waals surface area contributed by atoms with E-state index >= 15 is 0 Å². The van der Waals surface area contributed by atoms with Gasteiger partial charge in [-0.05, 0) is 25.7 Å². The first-order valence-electron chi connectivity index (χ1n) is 8.75. The van der Waals surface area contributed by atoms with Crippen LogP contribution in [0.25, 0.3) is 0 Å². The van der Waals surface area contributed by atoms with E-state index in [1.165, 1.54) is 0 Å². The molecule has 0 aromatic carbocycles. The first-order chi connectivity index (χ1) is 11.1. The van der Waals surface area contributed by atoms with E-state index in [2.05, 4.69) is 4.90 Å². The van der Waals surface area contributed by atoms with Crippen LogP contribution in [0.2, 0.25) is 0 Å². The van der Waals surface area contributed by atoms with E-state index in [0.717, 1.165) is 39.0 Å². The average Bonchev–Trinajstić information content (AvgIpc) is 3.10. The second kappa shape index (κ2) is 9.92. The van der Waals surface area contributed by atoms with Crippen molar-refractivity contribution in [3.8, 4) is 0 Å². The topological polar surface area (TPSA) is 79.1 Å². The third kappa shape index (κ3) is 5.44. The number of ether oxygens (including phenoxy) is 1. The summed E-state index contributed by atoms with van der Waals surface area (Å²) in [4.78, 5) is 30.8. The minimum Gasteiger partial charge on any atom is -0.381 e. The van der Waals surface area contributed by atoms with Crippen molar-refractivity contribution in [2.24, 2.45) is 5.73 Å². The van der Waals surface area contributed by atoms with E-state index in [1.807, 2.05) is 9.80 Å². The molecule has 9 heteroatoms. The number of hydrogen-bond donors (Lipinski definition) is 1. The fraction of sp³-hybridized carbons (Fsp3) is 0.875. The van der Waals surface area contributed by atoms with Crippen molar-refractivity contribution in [2.45, 2.75) is 31.2 Å². The number of nitrogens with two attached hydrogens (primary N) is 1. The Morgan fingerprint density at radius 2 is 1.44 bits per heavy atom. The highest BCUT2D eigenvalue weighted by atomic mass is 35.5. The molecule has 3 aliphatic rings. The quantitative estimate of drug-likeness (QED) is 0.731. The summed E-state index contributed by atoms with van der Waals surface area (Å²) in [5, 5.41) is 0. The van der Waals surface area contributed by atoms with Gasteiger partial charge in [0.1, 0.15) is 0 Å². The third-order valence-corrected chi connectivity index (χ3v) is 5.29. The summed E-state index contributed by atoms with van der Waals surface area (Å²) < 4.78 is 5.31. The van der Waals surface area contributed by atoms with Crippen LogP contribution in [0, 0.1) is 0 Å². The van der Waals surface area contributed by atoms with Crippen LogP contribution in [0.5, 0.6) is 0 Å². The molecule has 3 rings (SSSR count). The van der Waals surface area contributed by atoms with Crippen molar-refractivity contribution in [3.63, 3.8) is 0 Å². The van der Waals surface area contributed by atoms with Crippen molar-refractivity contribution in [1.82, 2.24) is 14.7 Å². The van der Waals surface area contributed by atoms with Gasteiger partial charge in [-0.2, -0.15) is 0 Å². The van der Waals surface area contributed by atoms with Gasteiger partial charge in [0.05, 0.1) is 12.1 Å². The van der Waals surface area contributed by atoms with E-state index in [1.54, 1.807) is 0 Å². The van der Waals surface area contributed by atoms with Crippen LogP contribution in [0.15, 0.2) is 0 Å². The Morgan fingerprint density at radius 1 is 0.880 bits per heavy atom. The standard InChI is InChI=1S/C16H28N4O3.2ClH/c17-16(3-11-23-12-4-16)15(22)20-9-7-18(8-10-20)13-14(21)19-5-1-2-6-19;;/h1-13,17H2;2*1H. The highest BCUT2D eigenvalue weighted by molar-refractivity contribution is 5.86. The van der Waals surface area contributed by atoms with E-state index in [0.29, 0.717) is 45.7 Å². The maximum atomic E-state index is 12.7. The zero-order valence-electron chi connectivity index (χ0n) is 14.7. The first kappa shape index (κ1) is 22.4. The summed E-state index contributed by atoms with van der Waals surface area (Å²) in [5.41, 5.74) is 5.53. The molecule has 0 atom stereocenters. The second-order valence-corrected chi connectivity index (χ2v) is 6.92. The van der Waals surface area contributed by atoms with Gasteiger partial charge in [0, 0.05) is 52.5 Å². The van der Waals surface area contributed by atoms with Gasteiger partial charge in [0.2, 0.25) is 11.8 Å². The van der Waals surface area contributed by atoms with Gasteiger partial charge in [-0.25, -0.2) is 0 Å². The lowest BCUT2D eigenvalue weighted by atomic mass is 9.89. The zero-order valence-corrected chi connectivity index (χ0v) is 16.3. The zero-order chi connectivity index (χ0) is 16.3. The number of rotatable bonds is 3. The van der Waals surface area contributed by atoms with Crippen LogP contribution < -0.4 is 5.73 Å². The van der Waals surface area contributed by atoms with Crippen LogP contribution >= 0.6 is 24.8 Å². The molecule has 3 heterocycles. The number of carbonyl (C=O) groups excluding carboxylic acids is 2. The molecule has 0 aliphatic carbocycles. The highest BCUT2D eigenvalue weighted by Crippen LogP contribution is 2.21. The van der Waals surface area contributed by atoms with Gasteiger partial charge < -0.3 is 20.3 Å². The minimum atomic E-state index is -0.758. The van der Waals surface area contributed by atoms with Crippen molar-refractivity contribution in [2.75, 3.05) is 59.0 Å². The number of likely N-dealkylation sites (tertiary alicyclic amines) is 1. The Balaban J connectivity index is 0.00000156. The number of hydrogen-bond acceptors (Lipinski definition) is 5. The van der Waals surface area contributed by atoms with Crippen molar-refractivity contribution < 1.29 is 14.3 Å². The number of carbonyl (C=O) groups is 2. The summed E-state index contributed by atoms with van der Waals surface area (Å²) in [7, 11) is 0. The lowest BCUT2D eigenvalue weighted by Crippen LogP contribution is -2.61. The predicted molar refractivity (Wildman–Crippen MR) is 100 cm³/mol. The molecule has 0 radical (unpaired) electrons. The normalized spacial score (nSPS) is 23.6.